The van der Waals surface area contributed by atoms with E-state index in [-0.39, 0.29) is 21.2 Å². The van der Waals surface area contributed by atoms with E-state index < -0.39 is 0 Å². The molecule has 0 unspecified atom stereocenters. The van der Waals surface area contributed by atoms with Crippen molar-refractivity contribution in [3.63, 3.8) is 0 Å². The molecule has 1 aromatic carbocycles. The van der Waals surface area contributed by atoms with Crippen LogP contribution in [0.3, 0.4) is 0 Å². The number of rotatable bonds is 2. The molecule has 0 aliphatic heterocycles. The number of hydrogen-bond acceptors (Lipinski definition) is 0. The van der Waals surface area contributed by atoms with Gasteiger partial charge in [-0.3, -0.25) is 0 Å². The quantitative estimate of drug-likeness (QED) is 0.471. The second kappa shape index (κ2) is 3.96. The Morgan fingerprint density at radius 1 is 1.40 bits per heavy atom. The fourth-order valence-electron chi connectivity index (χ4n) is 0.874. The normalized spacial score (nSPS) is 10.2. The van der Waals surface area contributed by atoms with E-state index in [1.54, 1.807) is 3.57 Å². The van der Waals surface area contributed by atoms with Gasteiger partial charge >= 0.3 is 72.9 Å². The van der Waals surface area contributed by atoms with Crippen LogP contribution in [-0.2, 0) is 6.42 Å². The Morgan fingerprint density at radius 3 is 2.80 bits per heavy atom. The van der Waals surface area contributed by atoms with Gasteiger partial charge in [0.15, 0.2) is 0 Å². The van der Waals surface area contributed by atoms with Crippen molar-refractivity contribution in [2.24, 2.45) is 0 Å². The van der Waals surface area contributed by atoms with Gasteiger partial charge in [-0.15, -0.1) is 0 Å². The third kappa shape index (κ3) is 1.97. The molecule has 0 N–H and O–H groups in total. The fourth-order valence-corrected chi connectivity index (χ4v) is 2.15. The summed E-state index contributed by atoms with van der Waals surface area (Å²) >= 11 is 0.286. The number of alkyl halides is 1. The summed E-state index contributed by atoms with van der Waals surface area (Å²) < 4.78 is 1.55. The molecular weight excluding hydrogens is 235 g/mol. The van der Waals surface area contributed by atoms with Crippen molar-refractivity contribution in [2.45, 2.75) is 13.3 Å². The SMILES string of the molecule is CCc1cccc([I-]C)c1. The summed E-state index contributed by atoms with van der Waals surface area (Å²) in [5.41, 5.74) is 1.47. The molecule has 0 spiro atoms. The van der Waals surface area contributed by atoms with Gasteiger partial charge in [-0.05, 0) is 0 Å². The first kappa shape index (κ1) is 8.05. The Bertz CT molecular complexity index is 186. The predicted molar refractivity (Wildman–Crippen MR) is 40.4 cm³/mol. The second-order valence-electron chi connectivity index (χ2n) is 2.17. The fraction of sp³-hybridized carbons (Fsp3) is 0.333. The van der Waals surface area contributed by atoms with E-state index in [1.165, 1.54) is 5.56 Å². The third-order valence-corrected chi connectivity index (χ3v) is 3.43. The first-order chi connectivity index (χ1) is 4.86. The van der Waals surface area contributed by atoms with Crippen molar-refractivity contribution in [1.29, 1.82) is 0 Å². The summed E-state index contributed by atoms with van der Waals surface area (Å²) in [5.74, 6) is 0. The van der Waals surface area contributed by atoms with Crippen LogP contribution >= 0.6 is 0 Å². The van der Waals surface area contributed by atoms with Crippen molar-refractivity contribution in [2.75, 3.05) is 4.93 Å². The van der Waals surface area contributed by atoms with E-state index >= 15 is 0 Å². The van der Waals surface area contributed by atoms with Gasteiger partial charge < -0.3 is 0 Å². The molecule has 0 bridgehead atoms. The molecule has 0 aliphatic rings. The summed E-state index contributed by atoms with van der Waals surface area (Å²) in [6.45, 7) is 2.20. The minimum atomic E-state index is 0.286. The van der Waals surface area contributed by atoms with E-state index in [0.29, 0.717) is 0 Å². The summed E-state index contributed by atoms with van der Waals surface area (Å²) in [7, 11) is 0. The Balaban J connectivity index is 2.87. The van der Waals surface area contributed by atoms with Crippen LogP contribution in [0.25, 0.3) is 0 Å². The van der Waals surface area contributed by atoms with E-state index in [4.69, 9.17) is 0 Å². The van der Waals surface area contributed by atoms with E-state index in [2.05, 4.69) is 36.1 Å². The summed E-state index contributed by atoms with van der Waals surface area (Å²) in [6, 6.07) is 8.92. The molecule has 0 saturated heterocycles. The average Bonchev–Trinajstić information content (AvgIpc) is 2.05. The Labute approximate surface area is 72.9 Å². The van der Waals surface area contributed by atoms with Gasteiger partial charge in [0, 0.05) is 0 Å². The zero-order chi connectivity index (χ0) is 7.40. The maximum absolute atomic E-state index is 2.33. The van der Waals surface area contributed by atoms with Crippen LogP contribution in [0, 0.1) is 3.57 Å². The Morgan fingerprint density at radius 2 is 2.20 bits per heavy atom. The standard InChI is InChI=1S/C9H12I/c1-3-8-5-4-6-9(7-8)10-2/h4-7H,3H2,1-2H3/q-1. The van der Waals surface area contributed by atoms with Crippen molar-refractivity contribution in [3.8, 4) is 0 Å². The molecule has 0 atom stereocenters. The molecule has 0 radical (unpaired) electrons. The van der Waals surface area contributed by atoms with E-state index in [0.717, 1.165) is 6.42 Å². The number of halogens is 1. The first-order valence-corrected chi connectivity index (χ1v) is 6.69. The topological polar surface area (TPSA) is 0 Å². The molecule has 0 nitrogen and oxygen atoms in total. The number of benzene rings is 1. The summed E-state index contributed by atoms with van der Waals surface area (Å²) in [6.07, 6.45) is 1.16. The van der Waals surface area contributed by atoms with Crippen LogP contribution < -0.4 is 21.2 Å². The van der Waals surface area contributed by atoms with Crippen LogP contribution in [0.15, 0.2) is 24.3 Å². The van der Waals surface area contributed by atoms with Crippen LogP contribution in [0.5, 0.6) is 0 Å². The van der Waals surface area contributed by atoms with Gasteiger partial charge in [0.25, 0.3) is 0 Å². The zero-order valence-corrected chi connectivity index (χ0v) is 8.55. The van der Waals surface area contributed by atoms with E-state index in [9.17, 15) is 0 Å². The van der Waals surface area contributed by atoms with Crippen molar-refractivity contribution >= 4 is 0 Å². The van der Waals surface area contributed by atoms with Crippen molar-refractivity contribution in [1.82, 2.24) is 0 Å². The summed E-state index contributed by atoms with van der Waals surface area (Å²) in [4.78, 5) is 2.30. The monoisotopic (exact) mass is 247 g/mol. The van der Waals surface area contributed by atoms with Crippen LogP contribution in [0.4, 0.5) is 0 Å². The molecule has 56 valence electrons. The van der Waals surface area contributed by atoms with Gasteiger partial charge in [-0.2, -0.15) is 0 Å². The average molecular weight is 247 g/mol. The Hall–Kier alpha value is -0.0500. The molecule has 1 heteroatoms. The van der Waals surface area contributed by atoms with Gasteiger partial charge in [-0.25, -0.2) is 0 Å². The van der Waals surface area contributed by atoms with E-state index in [1.807, 2.05) is 0 Å². The second-order valence-corrected chi connectivity index (χ2v) is 4.50. The van der Waals surface area contributed by atoms with Crippen LogP contribution in [0.1, 0.15) is 12.5 Å². The van der Waals surface area contributed by atoms with Crippen molar-refractivity contribution < 1.29 is 21.2 Å². The van der Waals surface area contributed by atoms with Gasteiger partial charge in [-0.1, -0.05) is 0 Å². The number of hydrogen-bond donors (Lipinski definition) is 0. The van der Waals surface area contributed by atoms with Crippen LogP contribution in [0.2, 0.25) is 0 Å². The van der Waals surface area contributed by atoms with Crippen molar-refractivity contribution in [3.05, 3.63) is 33.4 Å². The maximum atomic E-state index is 2.33. The molecule has 1 rings (SSSR count). The van der Waals surface area contributed by atoms with Gasteiger partial charge in [0.1, 0.15) is 0 Å². The molecule has 0 heterocycles. The number of aryl methyl sites for hydroxylation is 1. The first-order valence-electron chi connectivity index (χ1n) is 3.45. The third-order valence-electron chi connectivity index (χ3n) is 1.52. The molecule has 1 aromatic rings. The van der Waals surface area contributed by atoms with Gasteiger partial charge in [0.2, 0.25) is 0 Å². The minimum absolute atomic E-state index is 0.286. The Kier molecular flexibility index (Phi) is 3.19. The molecule has 0 saturated carbocycles. The molecule has 0 amide bonds. The predicted octanol–water partition coefficient (Wildman–Crippen LogP) is -0.863. The molecule has 0 aliphatic carbocycles. The molecule has 10 heavy (non-hydrogen) atoms. The summed E-state index contributed by atoms with van der Waals surface area (Å²) in [5, 5.41) is 0. The van der Waals surface area contributed by atoms with Crippen LogP contribution in [-0.4, -0.2) is 4.93 Å². The molecule has 0 fully saturated rings. The molecular formula is C9H12I-. The molecule has 0 aromatic heterocycles. The van der Waals surface area contributed by atoms with Gasteiger partial charge in [0.05, 0.1) is 0 Å². The zero-order valence-electron chi connectivity index (χ0n) is 6.39.